The van der Waals surface area contributed by atoms with Gasteiger partial charge in [-0.25, -0.2) is 4.79 Å². The van der Waals surface area contributed by atoms with Crippen molar-refractivity contribution in [1.82, 2.24) is 0 Å². The number of fused-ring (bicyclic) bond motifs is 1. The number of ketones is 1. The predicted octanol–water partition coefficient (Wildman–Crippen LogP) is 2.06. The fourth-order valence-corrected chi connectivity index (χ4v) is 2.34. The molecule has 1 aliphatic rings. The molecule has 4 N–H and O–H groups in total. The molecule has 1 aliphatic heterocycles. The second kappa shape index (κ2) is 7.79. The first kappa shape index (κ1) is 17.7. The highest BCUT2D eigenvalue weighted by Crippen LogP contribution is 2.27. The minimum Gasteiger partial charge on any atom is -0.507 e. The second-order valence-corrected chi connectivity index (χ2v) is 5.84. The Balaban J connectivity index is 2.37. The van der Waals surface area contributed by atoms with Crippen molar-refractivity contribution in [2.24, 2.45) is 5.92 Å². The first-order valence-electron chi connectivity index (χ1n) is 7.74. The smallest absolute Gasteiger partial charge is 0.342 e. The average Bonchev–Trinajstić information content (AvgIpc) is 2.52. The van der Waals surface area contributed by atoms with E-state index in [0.29, 0.717) is 17.7 Å². The van der Waals surface area contributed by atoms with E-state index in [4.69, 9.17) is 10.5 Å². The summed E-state index contributed by atoms with van der Waals surface area (Å²) in [5, 5.41) is 19.9. The molecule has 6 heteroatoms. The van der Waals surface area contributed by atoms with Crippen molar-refractivity contribution >= 4 is 23.5 Å². The zero-order valence-electron chi connectivity index (χ0n) is 13.4. The average molecular weight is 331 g/mol. The van der Waals surface area contributed by atoms with Crippen LogP contribution in [0, 0.1) is 5.92 Å². The molecule has 6 nitrogen and oxygen atoms in total. The highest BCUT2D eigenvalue weighted by Gasteiger charge is 2.19. The van der Waals surface area contributed by atoms with E-state index in [-0.39, 0.29) is 36.0 Å². The molecular weight excluding hydrogens is 310 g/mol. The van der Waals surface area contributed by atoms with E-state index in [1.54, 1.807) is 31.2 Å². The molecule has 0 saturated heterocycles. The Bertz CT molecular complexity index is 693. The van der Waals surface area contributed by atoms with Crippen LogP contribution >= 0.6 is 0 Å². The molecule has 0 spiro atoms. The van der Waals surface area contributed by atoms with Crippen LogP contribution in [-0.2, 0) is 9.53 Å². The topological polar surface area (TPSA) is 110 Å². The van der Waals surface area contributed by atoms with E-state index in [1.807, 2.05) is 0 Å². The number of aliphatic hydroxyl groups is 1. The molecule has 2 atom stereocenters. The lowest BCUT2D eigenvalue weighted by molar-refractivity contribution is -0.122. The number of nitrogens with two attached hydrogens (primary N) is 1. The number of hydrogen-bond acceptors (Lipinski definition) is 6. The van der Waals surface area contributed by atoms with Crippen molar-refractivity contribution in [1.29, 1.82) is 0 Å². The zero-order valence-corrected chi connectivity index (χ0v) is 13.4. The van der Waals surface area contributed by atoms with Gasteiger partial charge in [0.05, 0.1) is 6.61 Å². The van der Waals surface area contributed by atoms with Gasteiger partial charge in [-0.1, -0.05) is 25.2 Å². The number of anilines is 1. The van der Waals surface area contributed by atoms with Gasteiger partial charge in [-0.3, -0.25) is 4.79 Å². The molecule has 1 aromatic rings. The highest BCUT2D eigenvalue weighted by atomic mass is 16.5. The van der Waals surface area contributed by atoms with Gasteiger partial charge in [0.1, 0.15) is 17.4 Å². The summed E-state index contributed by atoms with van der Waals surface area (Å²) < 4.78 is 5.21. The first-order valence-corrected chi connectivity index (χ1v) is 7.74. The molecule has 0 radical (unpaired) electrons. The number of nitrogen functional groups attached to an aromatic ring is 1. The molecule has 0 aliphatic carbocycles. The minimum absolute atomic E-state index is 0.0466. The molecule has 0 aromatic heterocycles. The van der Waals surface area contributed by atoms with E-state index >= 15 is 0 Å². The van der Waals surface area contributed by atoms with E-state index in [0.717, 1.165) is 0 Å². The van der Waals surface area contributed by atoms with Crippen molar-refractivity contribution < 1.29 is 24.5 Å². The van der Waals surface area contributed by atoms with Crippen LogP contribution in [-0.4, -0.2) is 34.7 Å². The van der Waals surface area contributed by atoms with Gasteiger partial charge >= 0.3 is 5.97 Å². The van der Waals surface area contributed by atoms with Gasteiger partial charge in [0, 0.05) is 17.7 Å². The van der Waals surface area contributed by atoms with E-state index < -0.39 is 12.1 Å². The summed E-state index contributed by atoms with van der Waals surface area (Å²) in [6, 6.07) is 2.85. The molecule has 0 fully saturated rings. The number of aromatic hydroxyl groups is 1. The largest absolute Gasteiger partial charge is 0.507 e. The Hall–Kier alpha value is -2.60. The Morgan fingerprint density at radius 3 is 2.75 bits per heavy atom. The number of cyclic esters (lactones) is 1. The molecule has 1 aromatic carbocycles. The van der Waals surface area contributed by atoms with Crippen LogP contribution in [0.5, 0.6) is 5.75 Å². The maximum Gasteiger partial charge on any atom is 0.342 e. The van der Waals surface area contributed by atoms with Crippen LogP contribution in [0.25, 0.3) is 6.08 Å². The third kappa shape index (κ3) is 4.45. The van der Waals surface area contributed by atoms with Gasteiger partial charge in [0.25, 0.3) is 0 Å². The number of carbonyl (C=O) groups excluding carboxylic acids is 2. The number of benzene rings is 1. The number of ether oxygens (including phenoxy) is 1. The van der Waals surface area contributed by atoms with Crippen LogP contribution in [0.4, 0.5) is 5.69 Å². The van der Waals surface area contributed by atoms with Gasteiger partial charge in [-0.05, 0) is 30.5 Å². The monoisotopic (exact) mass is 331 g/mol. The summed E-state index contributed by atoms with van der Waals surface area (Å²) in [7, 11) is 0. The summed E-state index contributed by atoms with van der Waals surface area (Å²) in [5.41, 5.74) is 6.50. The van der Waals surface area contributed by atoms with Crippen LogP contribution in [0.3, 0.4) is 0 Å². The third-order valence-corrected chi connectivity index (χ3v) is 3.67. The Kier molecular flexibility index (Phi) is 5.76. The van der Waals surface area contributed by atoms with E-state index in [9.17, 15) is 19.8 Å². The summed E-state index contributed by atoms with van der Waals surface area (Å²) in [6.07, 6.45) is 5.85. The second-order valence-electron chi connectivity index (χ2n) is 5.84. The molecule has 1 heterocycles. The molecule has 2 rings (SSSR count). The molecule has 128 valence electrons. The first-order chi connectivity index (χ1) is 11.4. The van der Waals surface area contributed by atoms with Gasteiger partial charge < -0.3 is 20.7 Å². The number of rotatable bonds is 0. The number of allylic oxidation sites excluding steroid dienone is 1. The van der Waals surface area contributed by atoms with Crippen molar-refractivity contribution in [3.8, 4) is 5.75 Å². The van der Waals surface area contributed by atoms with Gasteiger partial charge in [0.15, 0.2) is 5.78 Å². The Morgan fingerprint density at radius 2 is 2.00 bits per heavy atom. The van der Waals surface area contributed by atoms with Crippen LogP contribution in [0.15, 0.2) is 30.4 Å². The lowest BCUT2D eigenvalue weighted by Gasteiger charge is -2.13. The molecule has 0 saturated carbocycles. The fraction of sp³-hybridized carbons (Fsp3) is 0.333. The van der Waals surface area contributed by atoms with Gasteiger partial charge in [-0.15, -0.1) is 0 Å². The van der Waals surface area contributed by atoms with Crippen LogP contribution in [0.1, 0.15) is 35.7 Å². The summed E-state index contributed by atoms with van der Waals surface area (Å²) >= 11 is 0. The maximum atomic E-state index is 12.3. The highest BCUT2D eigenvalue weighted by molar-refractivity contribution is 5.97. The standard InChI is InChI=1S/C18H21NO5/c1-11-6-7-15(21)14(20)5-3-2-4-12-8-13(19)9-16(22)17(12)18(23)24-10-11/h2,4,6-9,11,14,20,22H,3,5,10,19H2,1H3/b4-2+,7-6-/t11-,14+/m1/s1. The number of aliphatic hydroxyl groups excluding tert-OH is 1. The molecule has 0 unspecified atom stereocenters. The molecule has 0 bridgehead atoms. The van der Waals surface area contributed by atoms with Crippen LogP contribution in [0.2, 0.25) is 0 Å². The maximum absolute atomic E-state index is 12.3. The van der Waals surface area contributed by atoms with E-state index in [1.165, 1.54) is 12.1 Å². The summed E-state index contributed by atoms with van der Waals surface area (Å²) in [5.74, 6) is -1.48. The quantitative estimate of drug-likeness (QED) is 0.496. The number of carbonyl (C=O) groups is 2. The van der Waals surface area contributed by atoms with Crippen LogP contribution < -0.4 is 5.73 Å². The number of esters is 1. The number of hydrogen-bond donors (Lipinski definition) is 3. The zero-order chi connectivity index (χ0) is 17.7. The van der Waals surface area contributed by atoms with Crippen molar-refractivity contribution in [3.05, 3.63) is 41.5 Å². The summed E-state index contributed by atoms with van der Waals surface area (Å²) in [4.78, 5) is 24.0. The van der Waals surface area contributed by atoms with Crippen molar-refractivity contribution in [3.63, 3.8) is 0 Å². The SMILES string of the molecule is C[C@@H]1/C=C\C(=O)[C@@H](O)CC/C=C/c2cc(N)cc(O)c2C(=O)OC1. The Labute approximate surface area is 140 Å². The minimum atomic E-state index is -1.07. The third-order valence-electron chi connectivity index (χ3n) is 3.67. The number of phenolic OH excluding ortho intramolecular Hbond substituents is 1. The van der Waals surface area contributed by atoms with Gasteiger partial charge in [-0.2, -0.15) is 0 Å². The predicted molar refractivity (Wildman–Crippen MR) is 90.4 cm³/mol. The lowest BCUT2D eigenvalue weighted by Crippen LogP contribution is -2.18. The van der Waals surface area contributed by atoms with Gasteiger partial charge in [0.2, 0.25) is 0 Å². The molecule has 0 amide bonds. The van der Waals surface area contributed by atoms with Crippen molar-refractivity contribution in [2.75, 3.05) is 12.3 Å². The lowest BCUT2D eigenvalue weighted by atomic mass is 10.0. The van der Waals surface area contributed by atoms with E-state index in [2.05, 4.69) is 0 Å². The normalized spacial score (nSPS) is 25.2. The molecule has 24 heavy (non-hydrogen) atoms. The fourth-order valence-electron chi connectivity index (χ4n) is 2.34. The Morgan fingerprint density at radius 1 is 1.25 bits per heavy atom. The summed E-state index contributed by atoms with van der Waals surface area (Å²) in [6.45, 7) is 1.82. The van der Waals surface area contributed by atoms with Crippen molar-refractivity contribution in [2.45, 2.75) is 25.9 Å². The molecular formula is C18H21NO5. The number of phenols is 1.